The van der Waals surface area contributed by atoms with Gasteiger partial charge in [0.2, 0.25) is 0 Å². The van der Waals surface area contributed by atoms with Gasteiger partial charge in [-0.1, -0.05) is 30.3 Å². The molecule has 2 aromatic heterocycles. The molecule has 0 bridgehead atoms. The number of hydrogen-bond acceptors (Lipinski definition) is 4. The molecule has 0 spiro atoms. The smallest absolute Gasteiger partial charge is 0.123 e. The van der Waals surface area contributed by atoms with Crippen LogP contribution in [0.15, 0.2) is 60.1 Å². The van der Waals surface area contributed by atoms with E-state index in [4.69, 9.17) is 10.7 Å². The number of nitrogens with two attached hydrogens (primary N) is 1. The van der Waals surface area contributed by atoms with Crippen LogP contribution in [0.4, 0.5) is 0 Å². The second kappa shape index (κ2) is 7.27. The summed E-state index contributed by atoms with van der Waals surface area (Å²) in [5.41, 5.74) is 12.0. The summed E-state index contributed by atoms with van der Waals surface area (Å²) in [7, 11) is 4.21. The molecule has 3 N–H and O–H groups in total. The molecule has 2 atom stereocenters. The number of nitrogens with zero attached hydrogens (tertiary/aromatic N) is 2. The molecular weight excluding hydrogens is 352 g/mol. The molecule has 2 unspecified atom stereocenters. The fourth-order valence-electron chi connectivity index (χ4n) is 3.29. The van der Waals surface area contributed by atoms with Crippen molar-refractivity contribution in [2.75, 3.05) is 14.1 Å². The molecule has 4 aromatic rings. The van der Waals surface area contributed by atoms with E-state index in [1.807, 2.05) is 30.3 Å². The van der Waals surface area contributed by atoms with Crippen molar-refractivity contribution in [2.45, 2.75) is 19.0 Å². The van der Waals surface area contributed by atoms with Crippen LogP contribution in [0.2, 0.25) is 0 Å². The second-order valence-electron chi connectivity index (χ2n) is 7.11. The Hall–Kier alpha value is -2.47. The third kappa shape index (κ3) is 3.41. The van der Waals surface area contributed by atoms with Crippen LogP contribution < -0.4 is 5.73 Å². The highest BCUT2D eigenvalue weighted by Crippen LogP contribution is 2.33. The maximum atomic E-state index is 6.41. The average molecular weight is 377 g/mol. The zero-order chi connectivity index (χ0) is 19.0. The number of hydrogen-bond donors (Lipinski definition) is 2. The molecule has 138 valence electrons. The summed E-state index contributed by atoms with van der Waals surface area (Å²) in [4.78, 5) is 10.4. The van der Waals surface area contributed by atoms with E-state index in [1.165, 1.54) is 10.9 Å². The van der Waals surface area contributed by atoms with Crippen LogP contribution in [-0.4, -0.2) is 29.0 Å². The quantitative estimate of drug-likeness (QED) is 0.517. The normalized spacial score (nSPS) is 14.0. The van der Waals surface area contributed by atoms with E-state index in [-0.39, 0.29) is 6.04 Å². The Morgan fingerprint density at radius 3 is 2.63 bits per heavy atom. The van der Waals surface area contributed by atoms with Gasteiger partial charge >= 0.3 is 0 Å². The Kier molecular flexibility index (Phi) is 4.83. The van der Waals surface area contributed by atoms with Crippen LogP contribution in [0, 0.1) is 0 Å². The van der Waals surface area contributed by atoms with Gasteiger partial charge in [0.1, 0.15) is 5.01 Å². The molecule has 0 radical (unpaired) electrons. The lowest BCUT2D eigenvalue weighted by molar-refractivity contribution is 0.323. The van der Waals surface area contributed by atoms with Crippen LogP contribution in [0.5, 0.6) is 0 Å². The fourth-order valence-corrected chi connectivity index (χ4v) is 4.14. The Balaban J connectivity index is 1.69. The van der Waals surface area contributed by atoms with Gasteiger partial charge in [0.25, 0.3) is 0 Å². The second-order valence-corrected chi connectivity index (χ2v) is 7.97. The number of fused-ring (bicyclic) bond motifs is 1. The summed E-state index contributed by atoms with van der Waals surface area (Å²) in [6, 6.07) is 16.7. The van der Waals surface area contributed by atoms with Gasteiger partial charge in [0.05, 0.1) is 11.7 Å². The third-order valence-electron chi connectivity index (χ3n) is 5.18. The Bertz CT molecular complexity index is 1050. The molecule has 4 rings (SSSR count). The molecular formula is C22H24N4S. The summed E-state index contributed by atoms with van der Waals surface area (Å²) in [5.74, 6) is 0. The number of aromatic nitrogens is 2. The van der Waals surface area contributed by atoms with E-state index in [2.05, 4.69) is 60.7 Å². The van der Waals surface area contributed by atoms with E-state index in [0.717, 1.165) is 27.3 Å². The van der Waals surface area contributed by atoms with Gasteiger partial charge in [0, 0.05) is 34.1 Å². The monoisotopic (exact) mass is 376 g/mol. The van der Waals surface area contributed by atoms with Crippen LogP contribution in [-0.2, 0) is 0 Å². The van der Waals surface area contributed by atoms with Crippen molar-refractivity contribution >= 4 is 22.2 Å². The number of nitrogens with one attached hydrogen (secondary N) is 1. The van der Waals surface area contributed by atoms with E-state index in [9.17, 15) is 0 Å². The van der Waals surface area contributed by atoms with E-state index in [1.54, 1.807) is 11.3 Å². The first-order valence-corrected chi connectivity index (χ1v) is 9.96. The van der Waals surface area contributed by atoms with Crippen molar-refractivity contribution in [3.63, 3.8) is 0 Å². The number of H-pyrrole nitrogens is 1. The first-order valence-electron chi connectivity index (χ1n) is 9.08. The maximum Gasteiger partial charge on any atom is 0.123 e. The molecule has 2 heterocycles. The minimum Gasteiger partial charge on any atom is -0.361 e. The first-order chi connectivity index (χ1) is 13.0. The predicted octanol–water partition coefficient (Wildman–Crippen LogP) is 4.96. The predicted molar refractivity (Wildman–Crippen MR) is 114 cm³/mol. The molecule has 0 aliphatic rings. The lowest BCUT2D eigenvalue weighted by Crippen LogP contribution is -2.16. The Morgan fingerprint density at radius 1 is 1.11 bits per heavy atom. The van der Waals surface area contributed by atoms with Gasteiger partial charge in [-0.2, -0.15) is 0 Å². The fraction of sp³-hybridized carbons (Fsp3) is 0.227. The van der Waals surface area contributed by atoms with Crippen LogP contribution in [0.1, 0.15) is 35.8 Å². The highest BCUT2D eigenvalue weighted by Gasteiger charge is 2.16. The molecule has 0 saturated heterocycles. The van der Waals surface area contributed by atoms with Crippen molar-refractivity contribution < 1.29 is 0 Å². The minimum atomic E-state index is -0.198. The highest BCUT2D eigenvalue weighted by atomic mass is 32.1. The molecule has 0 aliphatic heterocycles. The Morgan fingerprint density at radius 2 is 1.89 bits per heavy atom. The van der Waals surface area contributed by atoms with Gasteiger partial charge in [-0.3, -0.25) is 0 Å². The lowest BCUT2D eigenvalue weighted by Gasteiger charge is -2.19. The zero-order valence-corrected chi connectivity index (χ0v) is 16.6. The summed E-state index contributed by atoms with van der Waals surface area (Å²) in [6.07, 6.45) is 2.11. The van der Waals surface area contributed by atoms with Crippen LogP contribution in [0.3, 0.4) is 0 Å². The molecule has 0 saturated carbocycles. The topological polar surface area (TPSA) is 57.9 Å². The standard InChI is InChI=1S/C22H24N4S/c1-14(26(2)3)18-12-24-19-10-9-16(11-17(18)19)22-25-20(13-27-22)21(23)15-7-5-4-6-8-15/h4-14,21,24H,23H2,1-3H3. The van der Waals surface area contributed by atoms with Crippen LogP contribution >= 0.6 is 11.3 Å². The van der Waals surface area contributed by atoms with Gasteiger partial charge < -0.3 is 15.6 Å². The lowest BCUT2D eigenvalue weighted by atomic mass is 10.0. The van der Waals surface area contributed by atoms with Crippen molar-refractivity contribution in [2.24, 2.45) is 5.73 Å². The van der Waals surface area contributed by atoms with Crippen LogP contribution in [0.25, 0.3) is 21.5 Å². The molecule has 2 aromatic carbocycles. The van der Waals surface area contributed by atoms with Gasteiger partial charge in [-0.15, -0.1) is 11.3 Å². The molecule has 27 heavy (non-hydrogen) atoms. The maximum absolute atomic E-state index is 6.41. The highest BCUT2D eigenvalue weighted by molar-refractivity contribution is 7.13. The number of rotatable bonds is 5. The SMILES string of the molecule is CC(c1c[nH]c2ccc(-c3nc(C(N)c4ccccc4)cs3)cc12)N(C)C. The first kappa shape index (κ1) is 17.9. The minimum absolute atomic E-state index is 0.198. The van der Waals surface area contributed by atoms with Gasteiger partial charge in [0.15, 0.2) is 0 Å². The van der Waals surface area contributed by atoms with Crippen molar-refractivity contribution in [1.29, 1.82) is 0 Å². The number of benzene rings is 2. The number of aromatic amines is 1. The van der Waals surface area contributed by atoms with Crippen molar-refractivity contribution in [1.82, 2.24) is 14.9 Å². The third-order valence-corrected chi connectivity index (χ3v) is 6.09. The van der Waals surface area contributed by atoms with E-state index >= 15 is 0 Å². The van der Waals surface area contributed by atoms with E-state index < -0.39 is 0 Å². The number of thiazole rings is 1. The molecule has 4 nitrogen and oxygen atoms in total. The molecule has 5 heteroatoms. The van der Waals surface area contributed by atoms with E-state index in [0.29, 0.717) is 6.04 Å². The molecule has 0 amide bonds. The Labute approximate surface area is 163 Å². The van der Waals surface area contributed by atoms with Crippen molar-refractivity contribution in [3.8, 4) is 10.6 Å². The molecule has 0 fully saturated rings. The van der Waals surface area contributed by atoms with Gasteiger partial charge in [-0.25, -0.2) is 4.98 Å². The van der Waals surface area contributed by atoms with Crippen molar-refractivity contribution in [3.05, 3.63) is 76.9 Å². The summed E-state index contributed by atoms with van der Waals surface area (Å²) in [6.45, 7) is 2.22. The summed E-state index contributed by atoms with van der Waals surface area (Å²) < 4.78 is 0. The largest absolute Gasteiger partial charge is 0.361 e. The zero-order valence-electron chi connectivity index (χ0n) is 15.8. The summed E-state index contributed by atoms with van der Waals surface area (Å²) >= 11 is 1.65. The summed E-state index contributed by atoms with van der Waals surface area (Å²) in [5, 5.41) is 4.32. The van der Waals surface area contributed by atoms with Gasteiger partial charge in [-0.05, 0) is 50.3 Å². The molecule has 0 aliphatic carbocycles. The average Bonchev–Trinajstić information content (AvgIpc) is 3.34.